The molecule has 0 heterocycles. The molecule has 0 aliphatic rings. The van der Waals surface area contributed by atoms with E-state index in [9.17, 15) is 0 Å². The van der Waals surface area contributed by atoms with Gasteiger partial charge in [-0.2, -0.15) is 0 Å². The van der Waals surface area contributed by atoms with Crippen molar-refractivity contribution in [3.8, 4) is 0 Å². The van der Waals surface area contributed by atoms with Gasteiger partial charge in [-0.05, 0) is 37.4 Å². The first kappa shape index (κ1) is 10.0. The number of hydrogen-bond donors (Lipinski definition) is 3. The standard InChI is InChI=1S/C10H17N3/c1-12-6-8-3-4-10(11)5-9(8)7-13-2/h3-5,12-13H,6-7,11H2,1-2H3. The minimum Gasteiger partial charge on any atom is -0.399 e. The summed E-state index contributed by atoms with van der Waals surface area (Å²) in [6, 6.07) is 6.02. The van der Waals surface area contributed by atoms with Crippen LogP contribution in [0.5, 0.6) is 0 Å². The van der Waals surface area contributed by atoms with E-state index in [1.165, 1.54) is 11.1 Å². The van der Waals surface area contributed by atoms with Gasteiger partial charge in [-0.1, -0.05) is 6.07 Å². The van der Waals surface area contributed by atoms with Gasteiger partial charge < -0.3 is 16.4 Å². The minimum absolute atomic E-state index is 0.824. The zero-order valence-corrected chi connectivity index (χ0v) is 8.22. The van der Waals surface area contributed by atoms with Crippen LogP contribution in [-0.2, 0) is 13.1 Å². The first-order valence-corrected chi connectivity index (χ1v) is 4.44. The number of nitrogen functional groups attached to an aromatic ring is 1. The molecule has 1 aromatic carbocycles. The fraction of sp³-hybridized carbons (Fsp3) is 0.400. The third kappa shape index (κ3) is 2.72. The van der Waals surface area contributed by atoms with E-state index in [0.717, 1.165) is 18.8 Å². The zero-order valence-electron chi connectivity index (χ0n) is 8.22. The van der Waals surface area contributed by atoms with E-state index in [0.29, 0.717) is 0 Å². The number of benzene rings is 1. The number of nitrogens with one attached hydrogen (secondary N) is 2. The third-order valence-corrected chi connectivity index (χ3v) is 1.96. The van der Waals surface area contributed by atoms with Gasteiger partial charge in [0.15, 0.2) is 0 Å². The van der Waals surface area contributed by atoms with Crippen LogP contribution in [0.3, 0.4) is 0 Å². The van der Waals surface area contributed by atoms with Gasteiger partial charge in [0.2, 0.25) is 0 Å². The summed E-state index contributed by atoms with van der Waals surface area (Å²) in [4.78, 5) is 0. The summed E-state index contributed by atoms with van der Waals surface area (Å²) in [7, 11) is 3.88. The molecular formula is C10H17N3. The van der Waals surface area contributed by atoms with Crippen molar-refractivity contribution in [3.05, 3.63) is 29.3 Å². The Balaban J connectivity index is 2.89. The molecule has 0 aromatic heterocycles. The Morgan fingerprint density at radius 1 is 1.08 bits per heavy atom. The minimum atomic E-state index is 0.824. The van der Waals surface area contributed by atoms with E-state index >= 15 is 0 Å². The molecule has 0 bridgehead atoms. The second kappa shape index (κ2) is 4.84. The van der Waals surface area contributed by atoms with E-state index in [2.05, 4.69) is 16.7 Å². The van der Waals surface area contributed by atoms with Crippen molar-refractivity contribution in [1.29, 1.82) is 0 Å². The molecule has 0 aliphatic heterocycles. The molecule has 0 spiro atoms. The highest BCUT2D eigenvalue weighted by atomic mass is 14.8. The monoisotopic (exact) mass is 179 g/mol. The highest BCUT2D eigenvalue weighted by Crippen LogP contribution is 2.13. The van der Waals surface area contributed by atoms with Gasteiger partial charge in [-0.25, -0.2) is 0 Å². The molecule has 0 saturated heterocycles. The van der Waals surface area contributed by atoms with Crippen molar-refractivity contribution in [2.75, 3.05) is 19.8 Å². The van der Waals surface area contributed by atoms with Crippen LogP contribution in [0.25, 0.3) is 0 Å². The second-order valence-corrected chi connectivity index (χ2v) is 3.09. The van der Waals surface area contributed by atoms with E-state index in [4.69, 9.17) is 5.73 Å². The van der Waals surface area contributed by atoms with Gasteiger partial charge in [-0.15, -0.1) is 0 Å². The molecule has 13 heavy (non-hydrogen) atoms. The number of rotatable bonds is 4. The summed E-state index contributed by atoms with van der Waals surface area (Å²) in [5, 5.41) is 6.26. The molecule has 1 aromatic rings. The SMILES string of the molecule is CNCc1ccc(N)cc1CNC. The molecule has 0 amide bonds. The highest BCUT2D eigenvalue weighted by Gasteiger charge is 2.00. The first-order valence-electron chi connectivity index (χ1n) is 4.44. The third-order valence-electron chi connectivity index (χ3n) is 1.96. The lowest BCUT2D eigenvalue weighted by molar-refractivity contribution is 0.767. The Morgan fingerprint density at radius 2 is 1.69 bits per heavy atom. The number of anilines is 1. The molecule has 0 saturated carbocycles. The van der Waals surface area contributed by atoms with E-state index in [1.54, 1.807) is 0 Å². The van der Waals surface area contributed by atoms with Crippen molar-refractivity contribution >= 4 is 5.69 Å². The molecule has 0 fully saturated rings. The predicted molar refractivity (Wildman–Crippen MR) is 56.4 cm³/mol. The fourth-order valence-corrected chi connectivity index (χ4v) is 1.36. The summed E-state index contributed by atoms with van der Waals surface area (Å²) in [5.74, 6) is 0. The quantitative estimate of drug-likeness (QED) is 0.597. The van der Waals surface area contributed by atoms with Gasteiger partial charge in [0.05, 0.1) is 0 Å². The molecular weight excluding hydrogens is 162 g/mol. The van der Waals surface area contributed by atoms with Gasteiger partial charge in [0.25, 0.3) is 0 Å². The molecule has 3 heteroatoms. The smallest absolute Gasteiger partial charge is 0.0317 e. The molecule has 3 nitrogen and oxygen atoms in total. The van der Waals surface area contributed by atoms with Crippen molar-refractivity contribution in [2.24, 2.45) is 0 Å². The van der Waals surface area contributed by atoms with E-state index < -0.39 is 0 Å². The van der Waals surface area contributed by atoms with Crippen molar-refractivity contribution in [1.82, 2.24) is 10.6 Å². The zero-order chi connectivity index (χ0) is 9.68. The van der Waals surface area contributed by atoms with Crippen LogP contribution in [-0.4, -0.2) is 14.1 Å². The Labute approximate surface area is 79.3 Å². The van der Waals surface area contributed by atoms with Crippen LogP contribution < -0.4 is 16.4 Å². The summed E-state index contributed by atoms with van der Waals surface area (Å²) >= 11 is 0. The Morgan fingerprint density at radius 3 is 2.31 bits per heavy atom. The van der Waals surface area contributed by atoms with Gasteiger partial charge in [0.1, 0.15) is 0 Å². The van der Waals surface area contributed by atoms with Crippen molar-refractivity contribution in [2.45, 2.75) is 13.1 Å². The van der Waals surface area contributed by atoms with Gasteiger partial charge >= 0.3 is 0 Å². The van der Waals surface area contributed by atoms with Crippen LogP contribution in [0.1, 0.15) is 11.1 Å². The normalized spacial score (nSPS) is 10.3. The molecule has 72 valence electrons. The van der Waals surface area contributed by atoms with Crippen molar-refractivity contribution in [3.63, 3.8) is 0 Å². The number of nitrogens with two attached hydrogens (primary N) is 1. The van der Waals surface area contributed by atoms with Gasteiger partial charge in [-0.3, -0.25) is 0 Å². The predicted octanol–water partition coefficient (Wildman–Crippen LogP) is 0.708. The lowest BCUT2D eigenvalue weighted by atomic mass is 10.1. The van der Waals surface area contributed by atoms with Crippen LogP contribution in [0.2, 0.25) is 0 Å². The van der Waals surface area contributed by atoms with Crippen LogP contribution in [0.15, 0.2) is 18.2 Å². The average Bonchev–Trinajstić information content (AvgIpc) is 2.10. The topological polar surface area (TPSA) is 50.1 Å². The molecule has 1 rings (SSSR count). The molecule has 0 atom stereocenters. The van der Waals surface area contributed by atoms with Crippen LogP contribution in [0.4, 0.5) is 5.69 Å². The second-order valence-electron chi connectivity index (χ2n) is 3.09. The molecule has 0 unspecified atom stereocenters. The lowest BCUT2D eigenvalue weighted by Crippen LogP contribution is -2.12. The lowest BCUT2D eigenvalue weighted by Gasteiger charge is -2.09. The maximum Gasteiger partial charge on any atom is 0.0317 e. The molecule has 4 N–H and O–H groups in total. The summed E-state index contributed by atoms with van der Waals surface area (Å²) in [6.07, 6.45) is 0. The fourth-order valence-electron chi connectivity index (χ4n) is 1.36. The highest BCUT2D eigenvalue weighted by molar-refractivity contribution is 5.44. The average molecular weight is 179 g/mol. The molecule has 0 radical (unpaired) electrons. The Bertz CT molecular complexity index is 271. The van der Waals surface area contributed by atoms with Gasteiger partial charge in [0, 0.05) is 18.8 Å². The summed E-state index contributed by atoms with van der Waals surface area (Å²) < 4.78 is 0. The summed E-state index contributed by atoms with van der Waals surface area (Å²) in [6.45, 7) is 1.75. The Hall–Kier alpha value is -1.06. The first-order chi connectivity index (χ1) is 6.27. The number of hydrogen-bond acceptors (Lipinski definition) is 3. The maximum atomic E-state index is 5.71. The Kier molecular flexibility index (Phi) is 3.73. The summed E-state index contributed by atoms with van der Waals surface area (Å²) in [5.41, 5.74) is 9.09. The largest absolute Gasteiger partial charge is 0.399 e. The molecule has 0 aliphatic carbocycles. The van der Waals surface area contributed by atoms with E-state index in [1.807, 2.05) is 26.2 Å². The van der Waals surface area contributed by atoms with Crippen LogP contribution in [0, 0.1) is 0 Å². The van der Waals surface area contributed by atoms with Crippen molar-refractivity contribution < 1.29 is 0 Å². The van der Waals surface area contributed by atoms with E-state index in [-0.39, 0.29) is 0 Å². The maximum absolute atomic E-state index is 5.71. The van der Waals surface area contributed by atoms with Crippen LogP contribution >= 0.6 is 0 Å².